The lowest BCUT2D eigenvalue weighted by Gasteiger charge is -2.59. The summed E-state index contributed by atoms with van der Waals surface area (Å²) in [7, 11) is 0. The van der Waals surface area contributed by atoms with Crippen molar-refractivity contribution in [3.05, 3.63) is 11.6 Å². The topological polar surface area (TPSA) is 54.4 Å². The number of aliphatic hydroxyl groups excluding tert-OH is 1. The van der Waals surface area contributed by atoms with Gasteiger partial charge in [-0.2, -0.15) is 0 Å². The molecule has 0 aromatic heterocycles. The summed E-state index contributed by atoms with van der Waals surface area (Å²) in [6.07, 6.45) is 7.97. The molecule has 0 unspecified atom stereocenters. The summed E-state index contributed by atoms with van der Waals surface area (Å²) in [6.45, 7) is 6.27. The Hall–Kier alpha value is -0.960. The quantitative estimate of drug-likeness (QED) is 0.797. The SMILES string of the molecule is CC(=O)[C@@H]1CC[C@H]2[C@@H]3CCC4=CC(=O)CC[C@]4(C)[C@@H]3[C@@H](O)C[C@]12C. The van der Waals surface area contributed by atoms with Crippen LogP contribution in [-0.2, 0) is 9.59 Å². The summed E-state index contributed by atoms with van der Waals surface area (Å²) in [5.41, 5.74) is 1.23. The Kier molecular flexibility index (Phi) is 3.62. The number of carbonyl (C=O) groups is 2. The average molecular weight is 330 g/mol. The van der Waals surface area contributed by atoms with E-state index in [1.807, 2.05) is 6.08 Å². The lowest BCUT2D eigenvalue weighted by Crippen LogP contribution is -2.56. The molecule has 4 aliphatic carbocycles. The molecule has 4 rings (SSSR count). The lowest BCUT2D eigenvalue weighted by atomic mass is 9.46. The Labute approximate surface area is 144 Å². The molecule has 0 amide bonds. The van der Waals surface area contributed by atoms with Gasteiger partial charge in [0, 0.05) is 12.3 Å². The highest BCUT2D eigenvalue weighted by molar-refractivity contribution is 5.91. The molecule has 7 atom stereocenters. The first-order valence-corrected chi connectivity index (χ1v) is 9.70. The lowest BCUT2D eigenvalue weighted by molar-refractivity contribution is -0.143. The number of hydrogen-bond donors (Lipinski definition) is 1. The predicted molar refractivity (Wildman–Crippen MR) is 92.3 cm³/mol. The van der Waals surface area contributed by atoms with Gasteiger partial charge < -0.3 is 5.11 Å². The Balaban J connectivity index is 1.72. The smallest absolute Gasteiger partial charge is 0.155 e. The highest BCUT2D eigenvalue weighted by Gasteiger charge is 2.62. The minimum absolute atomic E-state index is 0.0219. The highest BCUT2D eigenvalue weighted by Crippen LogP contribution is 2.66. The van der Waals surface area contributed by atoms with Crippen LogP contribution in [0, 0.1) is 34.5 Å². The zero-order valence-corrected chi connectivity index (χ0v) is 15.2. The maximum atomic E-state index is 12.2. The molecule has 0 spiro atoms. The largest absolute Gasteiger partial charge is 0.393 e. The fraction of sp³-hybridized carbons (Fsp3) is 0.810. The van der Waals surface area contributed by atoms with Crippen molar-refractivity contribution in [3.63, 3.8) is 0 Å². The van der Waals surface area contributed by atoms with Gasteiger partial charge in [0.25, 0.3) is 0 Å². The third kappa shape index (κ3) is 2.06. The van der Waals surface area contributed by atoms with E-state index in [1.54, 1.807) is 6.92 Å². The van der Waals surface area contributed by atoms with Crippen LogP contribution in [0.4, 0.5) is 0 Å². The molecule has 0 saturated heterocycles. The maximum Gasteiger partial charge on any atom is 0.155 e. The van der Waals surface area contributed by atoms with Crippen molar-refractivity contribution in [3.8, 4) is 0 Å². The third-order valence-electron chi connectivity index (χ3n) is 8.38. The number of fused-ring (bicyclic) bond motifs is 5. The Morgan fingerprint density at radius 2 is 1.96 bits per heavy atom. The van der Waals surface area contributed by atoms with Crippen LogP contribution >= 0.6 is 0 Å². The monoisotopic (exact) mass is 330 g/mol. The number of ketones is 2. The van der Waals surface area contributed by atoms with Crippen molar-refractivity contribution in [1.82, 2.24) is 0 Å². The molecule has 0 heterocycles. The van der Waals surface area contributed by atoms with Gasteiger partial charge in [0.1, 0.15) is 5.78 Å². The van der Waals surface area contributed by atoms with Crippen molar-refractivity contribution in [2.24, 2.45) is 34.5 Å². The normalized spacial score (nSPS) is 50.6. The first-order valence-electron chi connectivity index (χ1n) is 9.70. The molecule has 0 aliphatic heterocycles. The molecule has 3 heteroatoms. The van der Waals surface area contributed by atoms with Crippen LogP contribution in [0.3, 0.4) is 0 Å². The van der Waals surface area contributed by atoms with Crippen molar-refractivity contribution in [1.29, 1.82) is 0 Å². The average Bonchev–Trinajstić information content (AvgIpc) is 2.84. The molecule has 132 valence electrons. The molecule has 0 radical (unpaired) electrons. The van der Waals surface area contributed by atoms with E-state index in [4.69, 9.17) is 0 Å². The second-order valence-electron chi connectivity index (χ2n) is 9.41. The van der Waals surface area contributed by atoms with Gasteiger partial charge in [-0.25, -0.2) is 0 Å². The van der Waals surface area contributed by atoms with Gasteiger partial charge in [0.15, 0.2) is 5.78 Å². The summed E-state index contributed by atoms with van der Waals surface area (Å²) < 4.78 is 0. The molecule has 0 aromatic carbocycles. The second kappa shape index (κ2) is 5.27. The summed E-state index contributed by atoms with van der Waals surface area (Å²) in [5.74, 6) is 1.99. The maximum absolute atomic E-state index is 12.2. The van der Waals surface area contributed by atoms with E-state index in [0.29, 0.717) is 24.0 Å². The first-order chi connectivity index (χ1) is 11.3. The number of hydrogen-bond acceptors (Lipinski definition) is 3. The third-order valence-corrected chi connectivity index (χ3v) is 8.38. The molecular weight excluding hydrogens is 300 g/mol. The molecule has 1 N–H and O–H groups in total. The minimum atomic E-state index is -0.349. The van der Waals surface area contributed by atoms with E-state index in [-0.39, 0.29) is 34.6 Å². The van der Waals surface area contributed by atoms with E-state index in [2.05, 4.69) is 13.8 Å². The Morgan fingerprint density at radius 1 is 1.21 bits per heavy atom. The zero-order valence-electron chi connectivity index (χ0n) is 15.2. The van der Waals surface area contributed by atoms with Crippen LogP contribution in [0.1, 0.15) is 65.7 Å². The summed E-state index contributed by atoms with van der Waals surface area (Å²) in [5, 5.41) is 11.2. The van der Waals surface area contributed by atoms with Gasteiger partial charge in [-0.1, -0.05) is 19.4 Å². The van der Waals surface area contributed by atoms with E-state index in [1.165, 1.54) is 5.57 Å². The minimum Gasteiger partial charge on any atom is -0.393 e. The number of rotatable bonds is 1. The molecule has 3 nitrogen and oxygen atoms in total. The second-order valence-corrected chi connectivity index (χ2v) is 9.41. The van der Waals surface area contributed by atoms with E-state index in [9.17, 15) is 14.7 Å². The van der Waals surface area contributed by atoms with Gasteiger partial charge >= 0.3 is 0 Å². The molecular formula is C21H30O3. The van der Waals surface area contributed by atoms with Gasteiger partial charge in [0.05, 0.1) is 6.10 Å². The summed E-state index contributed by atoms with van der Waals surface area (Å²) in [4.78, 5) is 24.0. The summed E-state index contributed by atoms with van der Waals surface area (Å²) >= 11 is 0. The molecule has 0 aromatic rings. The van der Waals surface area contributed by atoms with Gasteiger partial charge in [-0.3, -0.25) is 9.59 Å². The number of allylic oxidation sites excluding steroid dienone is 1. The van der Waals surface area contributed by atoms with Gasteiger partial charge in [-0.05, 0) is 80.1 Å². The number of carbonyl (C=O) groups excluding carboxylic acids is 2. The molecule has 3 saturated carbocycles. The molecule has 4 aliphatic rings. The van der Waals surface area contributed by atoms with Crippen molar-refractivity contribution in [2.45, 2.75) is 71.8 Å². The van der Waals surface area contributed by atoms with E-state index >= 15 is 0 Å². The van der Waals surface area contributed by atoms with Gasteiger partial charge in [-0.15, -0.1) is 0 Å². The van der Waals surface area contributed by atoms with E-state index < -0.39 is 0 Å². The van der Waals surface area contributed by atoms with Crippen LogP contribution < -0.4 is 0 Å². The van der Waals surface area contributed by atoms with Crippen LogP contribution in [-0.4, -0.2) is 22.8 Å². The highest BCUT2D eigenvalue weighted by atomic mass is 16.3. The molecule has 24 heavy (non-hydrogen) atoms. The fourth-order valence-corrected chi connectivity index (χ4v) is 7.35. The zero-order chi connectivity index (χ0) is 17.3. The van der Waals surface area contributed by atoms with Crippen LogP contribution in [0.2, 0.25) is 0 Å². The summed E-state index contributed by atoms with van der Waals surface area (Å²) in [6, 6.07) is 0. The van der Waals surface area contributed by atoms with Crippen LogP contribution in [0.5, 0.6) is 0 Å². The predicted octanol–water partition coefficient (Wildman–Crippen LogP) is 3.69. The van der Waals surface area contributed by atoms with Crippen LogP contribution in [0.15, 0.2) is 11.6 Å². The van der Waals surface area contributed by atoms with E-state index in [0.717, 1.165) is 38.5 Å². The first kappa shape index (κ1) is 16.5. The fourth-order valence-electron chi connectivity index (χ4n) is 7.35. The molecule has 3 fully saturated rings. The standard InChI is InChI=1S/C21H30O3/c1-12(22)16-6-7-17-15-5-4-13-10-14(23)8-9-20(13,2)19(15)18(24)11-21(16,17)3/h10,15-19,24H,4-9,11H2,1-3H3/t15-,16-,17-,18-,19-,20-,21+/m0/s1. The Morgan fingerprint density at radius 3 is 2.67 bits per heavy atom. The van der Waals surface area contributed by atoms with Gasteiger partial charge in [0.2, 0.25) is 0 Å². The van der Waals surface area contributed by atoms with Crippen LogP contribution in [0.25, 0.3) is 0 Å². The van der Waals surface area contributed by atoms with Crippen molar-refractivity contribution >= 4 is 11.6 Å². The van der Waals surface area contributed by atoms with Crippen molar-refractivity contribution < 1.29 is 14.7 Å². The number of aliphatic hydroxyl groups is 1. The van der Waals surface area contributed by atoms with Crippen molar-refractivity contribution in [2.75, 3.05) is 0 Å². The Bertz CT molecular complexity index is 621. The molecule has 0 bridgehead atoms. The number of Topliss-reactive ketones (excluding diaryl/α,β-unsaturated/α-hetero) is 1.